The number of hydrogen-bond donors (Lipinski definition) is 1. The molecule has 0 aromatic heterocycles. The highest BCUT2D eigenvalue weighted by molar-refractivity contribution is 7.92. The topological polar surface area (TPSA) is 66.5 Å². The van der Waals surface area contributed by atoms with Gasteiger partial charge in [0.05, 0.1) is 17.5 Å². The molecule has 0 saturated heterocycles. The van der Waals surface area contributed by atoms with Crippen LogP contribution in [0.3, 0.4) is 0 Å². The zero-order valence-electron chi connectivity index (χ0n) is 15.0. The lowest BCUT2D eigenvalue weighted by Gasteiger charge is -2.30. The Labute approximate surface area is 166 Å². The lowest BCUT2D eigenvalue weighted by Crippen LogP contribution is -2.47. The third-order valence-electron chi connectivity index (χ3n) is 3.89. The van der Waals surface area contributed by atoms with Crippen molar-refractivity contribution >= 4 is 38.9 Å². The van der Waals surface area contributed by atoms with Crippen molar-refractivity contribution in [2.75, 3.05) is 15.9 Å². The molecule has 0 bridgehead atoms. The van der Waals surface area contributed by atoms with Gasteiger partial charge in [-0.15, -0.1) is 0 Å². The summed E-state index contributed by atoms with van der Waals surface area (Å²) in [7, 11) is -3.82. The Morgan fingerprint density at radius 2 is 1.64 bits per heavy atom. The van der Waals surface area contributed by atoms with Crippen molar-refractivity contribution < 1.29 is 26.4 Å². The highest BCUT2D eigenvalue weighted by Gasteiger charge is 2.32. The number of benzene rings is 2. The monoisotopic (exact) mass is 434 g/mol. The van der Waals surface area contributed by atoms with Crippen LogP contribution in [0.15, 0.2) is 48.5 Å². The van der Waals surface area contributed by atoms with Crippen molar-refractivity contribution in [3.05, 3.63) is 59.1 Å². The molecule has 0 spiro atoms. The van der Waals surface area contributed by atoms with Crippen LogP contribution in [0.4, 0.5) is 24.5 Å². The third kappa shape index (κ3) is 5.39. The maximum Gasteiger partial charge on any atom is 0.416 e. The van der Waals surface area contributed by atoms with Gasteiger partial charge in [0.2, 0.25) is 15.9 Å². The van der Waals surface area contributed by atoms with Crippen molar-refractivity contribution in [3.63, 3.8) is 0 Å². The second kappa shape index (κ2) is 8.40. The van der Waals surface area contributed by atoms with Crippen LogP contribution in [0.1, 0.15) is 18.9 Å². The molecule has 2 aromatic carbocycles. The number of alkyl halides is 3. The summed E-state index contributed by atoms with van der Waals surface area (Å²) in [5.41, 5.74) is -0.473. The Morgan fingerprint density at radius 1 is 1.11 bits per heavy atom. The summed E-state index contributed by atoms with van der Waals surface area (Å²) in [6, 6.07) is 8.73. The van der Waals surface area contributed by atoms with E-state index in [-0.39, 0.29) is 17.8 Å². The van der Waals surface area contributed by atoms with Crippen LogP contribution >= 0.6 is 11.6 Å². The average Bonchev–Trinajstić information content (AvgIpc) is 2.59. The maximum absolute atomic E-state index is 12.7. The van der Waals surface area contributed by atoms with Gasteiger partial charge in [0.1, 0.15) is 6.04 Å². The molecular formula is C18H18ClF3N2O3S. The van der Waals surface area contributed by atoms with Crippen LogP contribution in [0.25, 0.3) is 0 Å². The Balaban J connectivity index is 2.30. The molecule has 5 nitrogen and oxygen atoms in total. The standard InChI is InChI=1S/C18H18ClF3N2O3S/c1-3-16(24(28(2,26)27)15-10-6-13(19)7-11-15)17(25)23-14-8-4-12(5-9-14)18(20,21)22/h4-11,16H,3H2,1-2H3,(H,23,25). The van der Waals surface area contributed by atoms with Crippen LogP contribution in [0.5, 0.6) is 0 Å². The highest BCUT2D eigenvalue weighted by Crippen LogP contribution is 2.30. The van der Waals surface area contributed by atoms with E-state index >= 15 is 0 Å². The number of rotatable bonds is 6. The van der Waals surface area contributed by atoms with E-state index in [1.807, 2.05) is 0 Å². The predicted octanol–water partition coefficient (Wildman–Crippen LogP) is 4.54. The molecule has 0 radical (unpaired) electrons. The minimum Gasteiger partial charge on any atom is -0.324 e. The molecule has 1 amide bonds. The van der Waals surface area contributed by atoms with Crippen molar-refractivity contribution in [3.8, 4) is 0 Å². The minimum atomic E-state index is -4.49. The molecule has 152 valence electrons. The van der Waals surface area contributed by atoms with Gasteiger partial charge in [-0.2, -0.15) is 13.2 Å². The molecule has 1 N–H and O–H groups in total. The number of halogens is 4. The van der Waals surface area contributed by atoms with Gasteiger partial charge in [0.25, 0.3) is 0 Å². The molecule has 0 saturated carbocycles. The van der Waals surface area contributed by atoms with Gasteiger partial charge in [0.15, 0.2) is 0 Å². The smallest absolute Gasteiger partial charge is 0.324 e. The fourth-order valence-corrected chi connectivity index (χ4v) is 3.95. The first-order valence-corrected chi connectivity index (χ1v) is 10.4. The number of sulfonamides is 1. The van der Waals surface area contributed by atoms with Crippen LogP contribution in [0.2, 0.25) is 5.02 Å². The number of hydrogen-bond acceptors (Lipinski definition) is 3. The Hall–Kier alpha value is -2.26. The third-order valence-corrected chi connectivity index (χ3v) is 5.32. The lowest BCUT2D eigenvalue weighted by atomic mass is 10.1. The molecule has 28 heavy (non-hydrogen) atoms. The van der Waals surface area contributed by atoms with Crippen molar-refractivity contribution in [1.82, 2.24) is 0 Å². The van der Waals surface area contributed by atoms with E-state index in [2.05, 4.69) is 5.32 Å². The summed E-state index contributed by atoms with van der Waals surface area (Å²) >= 11 is 5.83. The van der Waals surface area contributed by atoms with Gasteiger partial charge in [-0.05, 0) is 55.0 Å². The highest BCUT2D eigenvalue weighted by atomic mass is 35.5. The average molecular weight is 435 g/mol. The van der Waals surface area contributed by atoms with Crippen LogP contribution in [0, 0.1) is 0 Å². The first kappa shape index (κ1) is 22.0. The molecule has 0 heterocycles. The number of carbonyl (C=O) groups is 1. The van der Waals surface area contributed by atoms with Gasteiger partial charge < -0.3 is 5.32 Å². The van der Waals surface area contributed by atoms with Crippen molar-refractivity contribution in [2.45, 2.75) is 25.6 Å². The quantitative estimate of drug-likeness (QED) is 0.725. The second-order valence-electron chi connectivity index (χ2n) is 6.02. The van der Waals surface area contributed by atoms with E-state index < -0.39 is 33.7 Å². The molecule has 0 aliphatic heterocycles. The normalized spacial score (nSPS) is 13.1. The summed E-state index contributed by atoms with van der Waals surface area (Å²) in [5.74, 6) is -0.664. The SMILES string of the molecule is CCC(C(=O)Nc1ccc(C(F)(F)F)cc1)N(c1ccc(Cl)cc1)S(C)(=O)=O. The lowest BCUT2D eigenvalue weighted by molar-refractivity contribution is -0.137. The van der Waals surface area contributed by atoms with E-state index in [0.29, 0.717) is 5.02 Å². The summed E-state index contributed by atoms with van der Waals surface area (Å²) in [6.07, 6.45) is -3.38. The van der Waals surface area contributed by atoms with Gasteiger partial charge in [0, 0.05) is 10.7 Å². The molecule has 0 aliphatic carbocycles. The number of carbonyl (C=O) groups excluding carboxylic acids is 1. The molecule has 2 aromatic rings. The van der Waals surface area contributed by atoms with Gasteiger partial charge in [-0.25, -0.2) is 8.42 Å². The van der Waals surface area contributed by atoms with Crippen LogP contribution in [-0.2, 0) is 21.0 Å². The summed E-state index contributed by atoms with van der Waals surface area (Å²) in [4.78, 5) is 12.7. The van der Waals surface area contributed by atoms with Crippen LogP contribution in [-0.4, -0.2) is 26.6 Å². The van der Waals surface area contributed by atoms with Gasteiger partial charge in [-0.1, -0.05) is 18.5 Å². The van der Waals surface area contributed by atoms with E-state index in [0.717, 1.165) is 34.8 Å². The van der Waals surface area contributed by atoms with Crippen LogP contribution < -0.4 is 9.62 Å². The predicted molar refractivity (Wildman–Crippen MR) is 103 cm³/mol. The Morgan fingerprint density at radius 3 is 2.07 bits per heavy atom. The summed E-state index contributed by atoms with van der Waals surface area (Å²) in [6.45, 7) is 1.63. The maximum atomic E-state index is 12.7. The fourth-order valence-electron chi connectivity index (χ4n) is 2.62. The largest absolute Gasteiger partial charge is 0.416 e. The minimum absolute atomic E-state index is 0.126. The molecule has 1 atom stereocenters. The molecule has 1 unspecified atom stereocenters. The number of nitrogens with zero attached hydrogens (tertiary/aromatic N) is 1. The number of anilines is 2. The zero-order valence-corrected chi connectivity index (χ0v) is 16.6. The van der Waals surface area contributed by atoms with Crippen molar-refractivity contribution in [2.24, 2.45) is 0 Å². The van der Waals surface area contributed by atoms with Gasteiger partial charge in [-0.3, -0.25) is 9.10 Å². The molecule has 10 heteroatoms. The van der Waals surface area contributed by atoms with E-state index in [1.165, 1.54) is 24.3 Å². The summed E-state index contributed by atoms with van der Waals surface area (Å²) in [5, 5.41) is 2.87. The Kier molecular flexibility index (Phi) is 6.61. The first-order valence-electron chi connectivity index (χ1n) is 8.16. The molecule has 0 aliphatic rings. The zero-order chi connectivity index (χ0) is 21.1. The molecular weight excluding hydrogens is 417 g/mol. The van der Waals surface area contributed by atoms with Gasteiger partial charge >= 0.3 is 6.18 Å². The second-order valence-corrected chi connectivity index (χ2v) is 8.32. The van der Waals surface area contributed by atoms with E-state index in [1.54, 1.807) is 6.92 Å². The summed E-state index contributed by atoms with van der Waals surface area (Å²) < 4.78 is 63.5. The fraction of sp³-hybridized carbons (Fsp3) is 0.278. The molecule has 0 fully saturated rings. The molecule has 2 rings (SSSR count). The Bertz CT molecular complexity index is 930. The van der Waals surface area contributed by atoms with E-state index in [4.69, 9.17) is 11.6 Å². The number of amides is 1. The van der Waals surface area contributed by atoms with E-state index in [9.17, 15) is 26.4 Å². The number of nitrogens with one attached hydrogen (secondary N) is 1. The van der Waals surface area contributed by atoms with Crippen molar-refractivity contribution in [1.29, 1.82) is 0 Å². The first-order chi connectivity index (χ1) is 12.9.